The Balaban J connectivity index is 2.05. The lowest BCUT2D eigenvalue weighted by atomic mass is 10.1. The van der Waals surface area contributed by atoms with Crippen LogP contribution in [-0.4, -0.2) is 38.3 Å². The first kappa shape index (κ1) is 13.8. The first-order chi connectivity index (χ1) is 9.18. The average Bonchev–Trinajstić information content (AvgIpc) is 2.46. The fraction of sp³-hybridized carbons (Fsp3) is 0.500. The van der Waals surface area contributed by atoms with Crippen molar-refractivity contribution in [1.82, 2.24) is 5.32 Å². The molecule has 1 saturated heterocycles. The first-order valence-electron chi connectivity index (χ1n) is 6.62. The normalized spacial score (nSPS) is 17.1. The molecule has 0 radical (unpaired) electrons. The largest absolute Gasteiger partial charge is 0.378 e. The zero-order valence-corrected chi connectivity index (χ0v) is 11.3. The summed E-state index contributed by atoms with van der Waals surface area (Å²) in [5.41, 5.74) is 7.81. The van der Waals surface area contributed by atoms with Crippen LogP contribution in [0.15, 0.2) is 24.3 Å². The van der Waals surface area contributed by atoms with Gasteiger partial charge in [0, 0.05) is 25.3 Å². The number of rotatable bonds is 4. The minimum Gasteiger partial charge on any atom is -0.378 e. The van der Waals surface area contributed by atoms with E-state index in [9.17, 15) is 4.79 Å². The standard InChI is InChI=1S/C14H21N3O2/c1-11(15)14(18)16-10-12-4-2-3-5-13(12)17-6-8-19-9-7-17/h2-5,11H,6-10,15H2,1H3,(H,16,18). The average molecular weight is 263 g/mol. The van der Waals surface area contributed by atoms with Gasteiger partial charge in [-0.1, -0.05) is 18.2 Å². The van der Waals surface area contributed by atoms with Crippen molar-refractivity contribution in [3.8, 4) is 0 Å². The number of nitrogens with two attached hydrogens (primary N) is 1. The SMILES string of the molecule is CC(N)C(=O)NCc1ccccc1N1CCOCC1. The molecule has 1 unspecified atom stereocenters. The van der Waals surface area contributed by atoms with E-state index >= 15 is 0 Å². The van der Waals surface area contributed by atoms with E-state index in [1.807, 2.05) is 18.2 Å². The van der Waals surface area contributed by atoms with E-state index < -0.39 is 6.04 Å². The van der Waals surface area contributed by atoms with Crippen molar-refractivity contribution in [1.29, 1.82) is 0 Å². The van der Waals surface area contributed by atoms with Crippen LogP contribution in [0.4, 0.5) is 5.69 Å². The van der Waals surface area contributed by atoms with Gasteiger partial charge in [-0.2, -0.15) is 0 Å². The van der Waals surface area contributed by atoms with E-state index in [0.717, 1.165) is 37.6 Å². The van der Waals surface area contributed by atoms with E-state index in [1.54, 1.807) is 6.92 Å². The first-order valence-corrected chi connectivity index (χ1v) is 6.62. The Morgan fingerprint density at radius 3 is 2.79 bits per heavy atom. The molecule has 0 spiro atoms. The summed E-state index contributed by atoms with van der Waals surface area (Å²) >= 11 is 0. The zero-order chi connectivity index (χ0) is 13.7. The Morgan fingerprint density at radius 2 is 2.11 bits per heavy atom. The lowest BCUT2D eigenvalue weighted by Crippen LogP contribution is -2.39. The highest BCUT2D eigenvalue weighted by atomic mass is 16.5. The summed E-state index contributed by atoms with van der Waals surface area (Å²) in [7, 11) is 0. The van der Waals surface area contributed by atoms with Gasteiger partial charge < -0.3 is 20.7 Å². The van der Waals surface area contributed by atoms with Crippen LogP contribution < -0.4 is 16.0 Å². The summed E-state index contributed by atoms with van der Waals surface area (Å²) in [6.45, 7) is 5.47. The number of anilines is 1. The second-order valence-corrected chi connectivity index (χ2v) is 4.73. The van der Waals surface area contributed by atoms with Crippen molar-refractivity contribution in [2.75, 3.05) is 31.2 Å². The smallest absolute Gasteiger partial charge is 0.236 e. The second kappa shape index (κ2) is 6.54. The molecule has 19 heavy (non-hydrogen) atoms. The van der Waals surface area contributed by atoms with Crippen LogP contribution >= 0.6 is 0 Å². The molecule has 0 aromatic heterocycles. The van der Waals surface area contributed by atoms with Crippen molar-refractivity contribution in [2.24, 2.45) is 5.73 Å². The highest BCUT2D eigenvalue weighted by Gasteiger charge is 2.15. The van der Waals surface area contributed by atoms with Crippen LogP contribution in [0.2, 0.25) is 0 Å². The predicted molar refractivity (Wildman–Crippen MR) is 75.0 cm³/mol. The quantitative estimate of drug-likeness (QED) is 0.829. The highest BCUT2D eigenvalue weighted by Crippen LogP contribution is 2.21. The van der Waals surface area contributed by atoms with Crippen LogP contribution in [0.1, 0.15) is 12.5 Å². The molecule has 1 aromatic rings. The van der Waals surface area contributed by atoms with Gasteiger partial charge in [0.05, 0.1) is 19.3 Å². The number of carbonyl (C=O) groups excluding carboxylic acids is 1. The molecule has 1 aliphatic heterocycles. The number of para-hydroxylation sites is 1. The Bertz CT molecular complexity index is 428. The van der Waals surface area contributed by atoms with Gasteiger partial charge >= 0.3 is 0 Å². The van der Waals surface area contributed by atoms with Gasteiger partial charge in [-0.15, -0.1) is 0 Å². The molecule has 1 aliphatic rings. The molecule has 1 aromatic carbocycles. The fourth-order valence-electron chi connectivity index (χ4n) is 2.12. The molecule has 0 saturated carbocycles. The topological polar surface area (TPSA) is 67.6 Å². The summed E-state index contributed by atoms with van der Waals surface area (Å²) in [6.07, 6.45) is 0. The van der Waals surface area contributed by atoms with Gasteiger partial charge in [0.15, 0.2) is 0 Å². The third kappa shape index (κ3) is 3.68. The van der Waals surface area contributed by atoms with Gasteiger partial charge in [-0.25, -0.2) is 0 Å². The van der Waals surface area contributed by atoms with Crippen LogP contribution in [0, 0.1) is 0 Å². The van der Waals surface area contributed by atoms with Crippen LogP contribution in [0.3, 0.4) is 0 Å². The maximum Gasteiger partial charge on any atom is 0.236 e. The van der Waals surface area contributed by atoms with Crippen LogP contribution in [0.25, 0.3) is 0 Å². The summed E-state index contributed by atoms with van der Waals surface area (Å²) in [6, 6.07) is 7.64. The highest BCUT2D eigenvalue weighted by molar-refractivity contribution is 5.81. The molecule has 2 rings (SSSR count). The Kier molecular flexibility index (Phi) is 4.76. The minimum atomic E-state index is -0.476. The monoisotopic (exact) mass is 263 g/mol. The maximum absolute atomic E-state index is 11.5. The van der Waals surface area contributed by atoms with Crippen molar-refractivity contribution < 1.29 is 9.53 Å². The van der Waals surface area contributed by atoms with Crippen LogP contribution in [-0.2, 0) is 16.1 Å². The maximum atomic E-state index is 11.5. The molecule has 1 amide bonds. The number of nitrogens with zero attached hydrogens (tertiary/aromatic N) is 1. The van der Waals surface area contributed by atoms with Crippen molar-refractivity contribution >= 4 is 11.6 Å². The number of hydrogen-bond acceptors (Lipinski definition) is 4. The van der Waals surface area contributed by atoms with Crippen molar-refractivity contribution in [3.63, 3.8) is 0 Å². The molecule has 1 heterocycles. The van der Waals surface area contributed by atoms with Crippen LogP contribution in [0.5, 0.6) is 0 Å². The molecular weight excluding hydrogens is 242 g/mol. The predicted octanol–water partition coefficient (Wildman–Crippen LogP) is 0.487. The molecule has 1 atom stereocenters. The van der Waals surface area contributed by atoms with E-state index in [4.69, 9.17) is 10.5 Å². The van der Waals surface area contributed by atoms with E-state index in [2.05, 4.69) is 16.3 Å². The lowest BCUT2D eigenvalue weighted by Gasteiger charge is -2.30. The van der Waals surface area contributed by atoms with E-state index in [-0.39, 0.29) is 5.91 Å². The summed E-state index contributed by atoms with van der Waals surface area (Å²) in [5.74, 6) is -0.128. The number of amides is 1. The summed E-state index contributed by atoms with van der Waals surface area (Å²) < 4.78 is 5.36. The minimum absolute atomic E-state index is 0.128. The van der Waals surface area contributed by atoms with Gasteiger partial charge in [-0.05, 0) is 18.6 Å². The Morgan fingerprint density at radius 1 is 1.42 bits per heavy atom. The number of ether oxygens (including phenoxy) is 1. The third-order valence-electron chi connectivity index (χ3n) is 3.21. The fourth-order valence-corrected chi connectivity index (χ4v) is 2.12. The molecular formula is C14H21N3O2. The van der Waals surface area contributed by atoms with Gasteiger partial charge in [0.2, 0.25) is 5.91 Å². The zero-order valence-electron chi connectivity index (χ0n) is 11.3. The third-order valence-corrected chi connectivity index (χ3v) is 3.21. The summed E-state index contributed by atoms with van der Waals surface area (Å²) in [5, 5.41) is 2.86. The summed E-state index contributed by atoms with van der Waals surface area (Å²) in [4.78, 5) is 13.8. The Hall–Kier alpha value is -1.59. The van der Waals surface area contributed by atoms with Gasteiger partial charge in [-0.3, -0.25) is 4.79 Å². The molecule has 5 nitrogen and oxygen atoms in total. The number of hydrogen-bond donors (Lipinski definition) is 2. The number of morpholine rings is 1. The molecule has 1 fully saturated rings. The van der Waals surface area contributed by atoms with E-state index in [0.29, 0.717) is 6.54 Å². The molecule has 0 aliphatic carbocycles. The second-order valence-electron chi connectivity index (χ2n) is 4.73. The lowest BCUT2D eigenvalue weighted by molar-refractivity contribution is -0.122. The number of carbonyl (C=O) groups is 1. The molecule has 0 bridgehead atoms. The Labute approximate surface area is 113 Å². The van der Waals surface area contributed by atoms with E-state index in [1.165, 1.54) is 0 Å². The molecule has 3 N–H and O–H groups in total. The number of benzene rings is 1. The van der Waals surface area contributed by atoms with Gasteiger partial charge in [0.1, 0.15) is 0 Å². The van der Waals surface area contributed by atoms with Crippen molar-refractivity contribution in [2.45, 2.75) is 19.5 Å². The molecule has 104 valence electrons. The van der Waals surface area contributed by atoms with Crippen molar-refractivity contribution in [3.05, 3.63) is 29.8 Å². The molecule has 5 heteroatoms. The van der Waals surface area contributed by atoms with Gasteiger partial charge in [0.25, 0.3) is 0 Å². The number of nitrogens with one attached hydrogen (secondary N) is 1.